The van der Waals surface area contributed by atoms with Gasteiger partial charge in [-0.3, -0.25) is 5.10 Å². The van der Waals surface area contributed by atoms with Gasteiger partial charge in [0, 0.05) is 21.9 Å². The summed E-state index contributed by atoms with van der Waals surface area (Å²) < 4.78 is 0.722. The second-order valence-electron chi connectivity index (χ2n) is 4.93. The second-order valence-corrected chi connectivity index (χ2v) is 5.72. The monoisotopic (exact) mass is 353 g/mol. The summed E-state index contributed by atoms with van der Waals surface area (Å²) in [6.07, 6.45) is 2.50. The number of hydrogen-bond donors (Lipinski definition) is 2. The summed E-state index contributed by atoms with van der Waals surface area (Å²) >= 11 is 3.51. The predicted molar refractivity (Wildman–Crippen MR) is 85.8 cm³/mol. The number of nitrogens with zero attached hydrogens (tertiary/aromatic N) is 3. The van der Waals surface area contributed by atoms with Crippen molar-refractivity contribution in [3.63, 3.8) is 0 Å². The van der Waals surface area contributed by atoms with E-state index in [2.05, 4.69) is 43.6 Å². The Labute approximate surface area is 136 Å². The molecular weight excluding hydrogens is 342 g/mol. The van der Waals surface area contributed by atoms with Crippen LogP contribution >= 0.6 is 15.9 Å². The number of allylic oxidation sites excluding steroid dienone is 2. The number of benzene rings is 1. The van der Waals surface area contributed by atoms with Gasteiger partial charge in [0.2, 0.25) is 0 Å². The number of rotatable bonds is 2. The minimum atomic E-state index is -0.238. The average molecular weight is 354 g/mol. The second kappa shape index (κ2) is 5.67. The molecular formula is C16H12BrN5. The molecule has 3 rings (SSSR count). The van der Waals surface area contributed by atoms with Gasteiger partial charge in [-0.2, -0.15) is 15.6 Å². The van der Waals surface area contributed by atoms with Crippen molar-refractivity contribution in [1.82, 2.24) is 10.2 Å². The zero-order valence-electron chi connectivity index (χ0n) is 11.8. The molecule has 6 heteroatoms. The van der Waals surface area contributed by atoms with Crippen LogP contribution in [-0.4, -0.2) is 10.2 Å². The van der Waals surface area contributed by atoms with E-state index in [1.165, 1.54) is 0 Å². The van der Waals surface area contributed by atoms with Crippen LogP contribution in [0.4, 0.5) is 5.82 Å². The van der Waals surface area contributed by atoms with Crippen LogP contribution in [0.3, 0.4) is 0 Å². The highest BCUT2D eigenvalue weighted by molar-refractivity contribution is 9.10. The number of nitriles is 2. The predicted octanol–water partition coefficient (Wildman–Crippen LogP) is 3.79. The van der Waals surface area contributed by atoms with Crippen molar-refractivity contribution in [1.29, 1.82) is 10.5 Å². The first-order valence-electron chi connectivity index (χ1n) is 6.83. The number of nitrogens with one attached hydrogen (secondary N) is 2. The number of aromatic nitrogens is 2. The molecule has 0 amide bonds. The zero-order chi connectivity index (χ0) is 15.7. The summed E-state index contributed by atoms with van der Waals surface area (Å²) in [4.78, 5) is 0. The number of hydrogen-bond acceptors (Lipinski definition) is 4. The first-order chi connectivity index (χ1) is 10.7. The maximum absolute atomic E-state index is 9.65. The van der Waals surface area contributed by atoms with Gasteiger partial charge in [-0.05, 0) is 34.0 Å². The topological polar surface area (TPSA) is 88.3 Å². The molecule has 0 fully saturated rings. The lowest BCUT2D eigenvalue weighted by Crippen LogP contribution is -2.18. The molecule has 1 aliphatic rings. The van der Waals surface area contributed by atoms with E-state index < -0.39 is 0 Å². The van der Waals surface area contributed by atoms with Crippen LogP contribution < -0.4 is 5.32 Å². The fourth-order valence-electron chi connectivity index (χ4n) is 2.75. The molecule has 0 saturated carbocycles. The van der Waals surface area contributed by atoms with E-state index in [1.807, 2.05) is 19.1 Å². The van der Waals surface area contributed by atoms with Gasteiger partial charge in [0.05, 0.1) is 23.1 Å². The van der Waals surface area contributed by atoms with E-state index in [1.54, 1.807) is 12.3 Å². The number of aromatic amines is 1. The highest BCUT2D eigenvalue weighted by Gasteiger charge is 2.32. The molecule has 108 valence electrons. The Hall–Kier alpha value is -2.57. The summed E-state index contributed by atoms with van der Waals surface area (Å²) in [6.45, 7) is 2.00. The van der Waals surface area contributed by atoms with Crippen molar-refractivity contribution in [2.75, 3.05) is 5.32 Å². The Bertz CT molecular complexity index is 850. The van der Waals surface area contributed by atoms with Crippen LogP contribution in [0.25, 0.3) is 0 Å². The first-order valence-corrected chi connectivity index (χ1v) is 7.62. The molecule has 1 atom stereocenters. The molecule has 1 aliphatic heterocycles. The minimum absolute atomic E-state index is 0.238. The van der Waals surface area contributed by atoms with Crippen LogP contribution in [0, 0.1) is 22.7 Å². The Morgan fingerprint density at radius 1 is 1.27 bits per heavy atom. The summed E-state index contributed by atoms with van der Waals surface area (Å²) in [5, 5.41) is 29.1. The van der Waals surface area contributed by atoms with Crippen LogP contribution in [-0.2, 0) is 0 Å². The molecule has 1 aromatic heterocycles. The third-order valence-corrected chi connectivity index (χ3v) is 4.68. The van der Waals surface area contributed by atoms with Crippen LogP contribution in [0.2, 0.25) is 0 Å². The van der Waals surface area contributed by atoms with Crippen molar-refractivity contribution in [2.45, 2.75) is 19.3 Å². The summed E-state index contributed by atoms with van der Waals surface area (Å²) in [7, 11) is 0. The molecule has 5 nitrogen and oxygen atoms in total. The van der Waals surface area contributed by atoms with Gasteiger partial charge in [-0.1, -0.05) is 19.1 Å². The van der Waals surface area contributed by atoms with Crippen molar-refractivity contribution in [2.24, 2.45) is 0 Å². The van der Waals surface area contributed by atoms with E-state index in [0.717, 1.165) is 27.1 Å². The number of anilines is 1. The summed E-state index contributed by atoms with van der Waals surface area (Å²) in [5.41, 5.74) is 3.88. The molecule has 0 saturated heterocycles. The van der Waals surface area contributed by atoms with E-state index in [4.69, 9.17) is 0 Å². The molecule has 0 spiro atoms. The van der Waals surface area contributed by atoms with Crippen molar-refractivity contribution in [3.05, 3.63) is 56.8 Å². The van der Waals surface area contributed by atoms with Crippen LogP contribution in [0.1, 0.15) is 36.0 Å². The van der Waals surface area contributed by atoms with Gasteiger partial charge in [0.25, 0.3) is 0 Å². The SMILES string of the molecule is CCC1=C(C#N)C(c2cccc(C#N)c2Br)c2c[nH]nc2N1. The molecule has 0 bridgehead atoms. The molecule has 1 aromatic carbocycles. The van der Waals surface area contributed by atoms with E-state index in [9.17, 15) is 10.5 Å². The minimum Gasteiger partial charge on any atom is -0.341 e. The smallest absolute Gasteiger partial charge is 0.156 e. The zero-order valence-corrected chi connectivity index (χ0v) is 13.4. The lowest BCUT2D eigenvalue weighted by molar-refractivity contribution is 0.902. The van der Waals surface area contributed by atoms with Gasteiger partial charge in [-0.15, -0.1) is 0 Å². The first kappa shape index (κ1) is 14.4. The highest BCUT2D eigenvalue weighted by atomic mass is 79.9. The van der Waals surface area contributed by atoms with Gasteiger partial charge >= 0.3 is 0 Å². The molecule has 22 heavy (non-hydrogen) atoms. The number of H-pyrrole nitrogens is 1. The third-order valence-electron chi connectivity index (χ3n) is 3.80. The maximum atomic E-state index is 9.65. The van der Waals surface area contributed by atoms with Crippen molar-refractivity contribution >= 4 is 21.7 Å². The fourth-order valence-corrected chi connectivity index (χ4v) is 3.33. The van der Waals surface area contributed by atoms with Gasteiger partial charge in [-0.25, -0.2) is 0 Å². The van der Waals surface area contributed by atoms with Gasteiger partial charge < -0.3 is 5.32 Å². The Balaban J connectivity index is 2.27. The molecule has 2 N–H and O–H groups in total. The Kier molecular flexibility index (Phi) is 3.70. The average Bonchev–Trinajstić information content (AvgIpc) is 3.01. The van der Waals surface area contributed by atoms with Crippen LogP contribution in [0.5, 0.6) is 0 Å². The molecule has 2 heterocycles. The van der Waals surface area contributed by atoms with E-state index >= 15 is 0 Å². The van der Waals surface area contributed by atoms with Crippen molar-refractivity contribution in [3.8, 4) is 12.1 Å². The fraction of sp³-hybridized carbons (Fsp3) is 0.188. The van der Waals surface area contributed by atoms with Crippen LogP contribution in [0.15, 0.2) is 40.1 Å². The van der Waals surface area contributed by atoms with E-state index in [0.29, 0.717) is 17.6 Å². The standard InChI is InChI=1S/C16H12BrN5/c1-2-13-11(7-19)14(12-8-20-22-16(12)21-13)10-5-3-4-9(6-18)15(10)17/h3-5,8,14H,2H2,1H3,(H2,20,21,22). The highest BCUT2D eigenvalue weighted by Crippen LogP contribution is 2.43. The lowest BCUT2D eigenvalue weighted by atomic mass is 9.82. The molecule has 2 aromatic rings. The number of fused-ring (bicyclic) bond motifs is 1. The molecule has 1 unspecified atom stereocenters. The van der Waals surface area contributed by atoms with E-state index in [-0.39, 0.29) is 5.92 Å². The maximum Gasteiger partial charge on any atom is 0.156 e. The molecule has 0 radical (unpaired) electrons. The Morgan fingerprint density at radius 3 is 2.77 bits per heavy atom. The Morgan fingerprint density at radius 2 is 2.09 bits per heavy atom. The molecule has 0 aliphatic carbocycles. The summed E-state index contributed by atoms with van der Waals surface area (Å²) in [5.74, 6) is 0.493. The lowest BCUT2D eigenvalue weighted by Gasteiger charge is -2.26. The quantitative estimate of drug-likeness (QED) is 0.859. The van der Waals surface area contributed by atoms with Gasteiger partial charge in [0.1, 0.15) is 6.07 Å². The third kappa shape index (κ3) is 2.09. The normalized spacial score (nSPS) is 16.5. The van der Waals surface area contributed by atoms with Gasteiger partial charge in [0.15, 0.2) is 5.82 Å². The number of halogens is 1. The summed E-state index contributed by atoms with van der Waals surface area (Å²) in [6, 6.07) is 10.0. The largest absolute Gasteiger partial charge is 0.341 e. The van der Waals surface area contributed by atoms with Crippen molar-refractivity contribution < 1.29 is 0 Å².